The number of carbonyl (C=O) groups is 1. The van der Waals surface area contributed by atoms with Crippen molar-refractivity contribution >= 4 is 17.0 Å². The molecule has 2 aromatic rings. The van der Waals surface area contributed by atoms with Crippen LogP contribution in [0.5, 0.6) is 0 Å². The van der Waals surface area contributed by atoms with Gasteiger partial charge in [0.15, 0.2) is 0 Å². The topological polar surface area (TPSA) is 106 Å². The first-order valence-corrected chi connectivity index (χ1v) is 5.09. The van der Waals surface area contributed by atoms with Crippen molar-refractivity contribution < 1.29 is 20.1 Å². The second-order valence-electron chi connectivity index (χ2n) is 3.76. The zero-order valence-corrected chi connectivity index (χ0v) is 8.87. The molecule has 0 fully saturated rings. The third kappa shape index (κ3) is 2.27. The fourth-order valence-corrected chi connectivity index (χ4v) is 1.72. The van der Waals surface area contributed by atoms with E-state index in [-0.39, 0.29) is 0 Å². The molecule has 6 nitrogen and oxygen atoms in total. The number of hydrogen-bond acceptors (Lipinski definition) is 4. The van der Waals surface area contributed by atoms with Crippen LogP contribution in [0.1, 0.15) is 18.1 Å². The van der Waals surface area contributed by atoms with Crippen molar-refractivity contribution in [1.82, 2.24) is 9.97 Å². The van der Waals surface area contributed by atoms with Gasteiger partial charge in [0, 0.05) is 5.56 Å². The zero-order chi connectivity index (χ0) is 12.4. The minimum absolute atomic E-state index is 0.414. The summed E-state index contributed by atoms with van der Waals surface area (Å²) in [7, 11) is 0. The van der Waals surface area contributed by atoms with E-state index in [9.17, 15) is 15.0 Å². The van der Waals surface area contributed by atoms with Gasteiger partial charge in [-0.1, -0.05) is 12.1 Å². The van der Waals surface area contributed by atoms with E-state index in [0.717, 1.165) is 5.52 Å². The highest BCUT2D eigenvalue weighted by molar-refractivity contribution is 5.78. The predicted octanol–water partition coefficient (Wildman–Crippen LogP) is 0.432. The number of aromatic nitrogens is 2. The van der Waals surface area contributed by atoms with Crippen LogP contribution in [0, 0.1) is 0 Å². The van der Waals surface area contributed by atoms with Gasteiger partial charge >= 0.3 is 5.97 Å². The average molecular weight is 236 g/mol. The summed E-state index contributed by atoms with van der Waals surface area (Å²) in [5.74, 6) is -1.16. The molecule has 90 valence electrons. The molecule has 0 amide bonds. The molecule has 0 aliphatic carbocycles. The normalized spacial score (nSPS) is 14.7. The van der Waals surface area contributed by atoms with E-state index in [1.54, 1.807) is 18.2 Å². The molecule has 2 rings (SSSR count). The minimum atomic E-state index is -1.35. The number of nitrogens with zero attached hydrogens (tertiary/aromatic N) is 1. The molecule has 0 aliphatic heterocycles. The van der Waals surface area contributed by atoms with E-state index in [4.69, 9.17) is 5.11 Å². The first-order valence-electron chi connectivity index (χ1n) is 5.09. The number of imidazole rings is 1. The van der Waals surface area contributed by atoms with Gasteiger partial charge in [-0.05, 0) is 6.07 Å². The van der Waals surface area contributed by atoms with E-state index in [1.165, 1.54) is 6.33 Å². The van der Waals surface area contributed by atoms with Crippen molar-refractivity contribution in [2.45, 2.75) is 18.6 Å². The Bertz CT molecular complexity index is 537. The summed E-state index contributed by atoms with van der Waals surface area (Å²) in [6, 6.07) is 5.09. The van der Waals surface area contributed by atoms with Gasteiger partial charge in [0.25, 0.3) is 0 Å². The van der Waals surface area contributed by atoms with Crippen molar-refractivity contribution in [2.24, 2.45) is 0 Å². The van der Waals surface area contributed by atoms with Crippen LogP contribution in [0.2, 0.25) is 0 Å². The van der Waals surface area contributed by atoms with E-state index in [1.807, 2.05) is 0 Å². The van der Waals surface area contributed by atoms with Gasteiger partial charge in [-0.2, -0.15) is 0 Å². The number of nitrogens with one attached hydrogen (secondary N) is 1. The van der Waals surface area contributed by atoms with E-state index < -0.39 is 24.6 Å². The Morgan fingerprint density at radius 1 is 1.41 bits per heavy atom. The summed E-state index contributed by atoms with van der Waals surface area (Å²) in [4.78, 5) is 17.4. The lowest BCUT2D eigenvalue weighted by molar-refractivity contribution is -0.141. The number of carboxylic acid groups (broad SMARTS) is 1. The molecular weight excluding hydrogens is 224 g/mol. The molecule has 6 heteroatoms. The van der Waals surface area contributed by atoms with Crippen molar-refractivity contribution in [2.75, 3.05) is 0 Å². The van der Waals surface area contributed by atoms with Gasteiger partial charge in [0.05, 0.1) is 29.9 Å². The third-order valence-corrected chi connectivity index (χ3v) is 2.55. The van der Waals surface area contributed by atoms with Gasteiger partial charge in [-0.25, -0.2) is 4.98 Å². The molecule has 1 heterocycles. The summed E-state index contributed by atoms with van der Waals surface area (Å²) in [5, 5.41) is 28.0. The molecule has 0 saturated heterocycles. The smallest absolute Gasteiger partial charge is 0.306 e. The second kappa shape index (κ2) is 4.52. The van der Waals surface area contributed by atoms with Crippen LogP contribution in [0.4, 0.5) is 0 Å². The lowest BCUT2D eigenvalue weighted by atomic mass is 10.0. The number of benzene rings is 1. The number of hydrogen-bond donors (Lipinski definition) is 4. The molecule has 2 atom stereocenters. The van der Waals surface area contributed by atoms with E-state index in [0.29, 0.717) is 11.1 Å². The van der Waals surface area contributed by atoms with Gasteiger partial charge in [-0.3, -0.25) is 4.79 Å². The number of aliphatic hydroxyl groups excluding tert-OH is 2. The molecule has 0 bridgehead atoms. The highest BCUT2D eigenvalue weighted by Crippen LogP contribution is 2.25. The van der Waals surface area contributed by atoms with Crippen LogP contribution < -0.4 is 0 Å². The van der Waals surface area contributed by atoms with Crippen LogP contribution in [0.3, 0.4) is 0 Å². The van der Waals surface area contributed by atoms with Crippen molar-refractivity contribution in [3.05, 3.63) is 30.1 Å². The van der Waals surface area contributed by atoms with Crippen LogP contribution in [0.15, 0.2) is 24.5 Å². The Kier molecular flexibility index (Phi) is 3.08. The molecule has 1 aromatic heterocycles. The number of aliphatic hydroxyl groups is 2. The maximum absolute atomic E-state index is 10.5. The highest BCUT2D eigenvalue weighted by Gasteiger charge is 2.23. The summed E-state index contributed by atoms with van der Waals surface area (Å²) < 4.78 is 0. The van der Waals surface area contributed by atoms with Crippen molar-refractivity contribution in [1.29, 1.82) is 0 Å². The van der Waals surface area contributed by atoms with Crippen LogP contribution in [0.25, 0.3) is 11.0 Å². The van der Waals surface area contributed by atoms with Gasteiger partial charge in [0.2, 0.25) is 0 Å². The van der Waals surface area contributed by atoms with Crippen LogP contribution >= 0.6 is 0 Å². The average Bonchev–Trinajstić information content (AvgIpc) is 2.74. The highest BCUT2D eigenvalue weighted by atomic mass is 16.4. The monoisotopic (exact) mass is 236 g/mol. The Labute approximate surface area is 96.5 Å². The molecule has 0 radical (unpaired) electrons. The van der Waals surface area contributed by atoms with E-state index in [2.05, 4.69) is 9.97 Å². The Morgan fingerprint density at radius 3 is 2.88 bits per heavy atom. The molecule has 1 aromatic carbocycles. The number of fused-ring (bicyclic) bond motifs is 1. The largest absolute Gasteiger partial charge is 0.481 e. The first-order chi connectivity index (χ1) is 8.09. The quantitative estimate of drug-likeness (QED) is 0.616. The number of aliphatic carboxylic acids is 1. The molecular formula is C11H12N2O4. The van der Waals surface area contributed by atoms with Gasteiger partial charge < -0.3 is 20.3 Å². The Balaban J connectivity index is 2.32. The van der Waals surface area contributed by atoms with E-state index >= 15 is 0 Å². The number of aromatic amines is 1. The maximum atomic E-state index is 10.5. The molecule has 0 spiro atoms. The first kappa shape index (κ1) is 11.6. The van der Waals surface area contributed by atoms with Crippen LogP contribution in [-0.4, -0.2) is 37.4 Å². The Morgan fingerprint density at radius 2 is 2.18 bits per heavy atom. The number of rotatable bonds is 4. The third-order valence-electron chi connectivity index (χ3n) is 2.55. The van der Waals surface area contributed by atoms with Gasteiger partial charge in [-0.15, -0.1) is 0 Å². The molecule has 2 unspecified atom stereocenters. The van der Waals surface area contributed by atoms with Crippen molar-refractivity contribution in [3.8, 4) is 0 Å². The summed E-state index contributed by atoms with van der Waals surface area (Å²) in [6.45, 7) is 0. The molecule has 17 heavy (non-hydrogen) atoms. The Hall–Kier alpha value is -1.92. The fraction of sp³-hybridized carbons (Fsp3) is 0.273. The molecule has 0 saturated carbocycles. The lowest BCUT2D eigenvalue weighted by Crippen LogP contribution is -2.22. The number of H-pyrrole nitrogens is 1. The van der Waals surface area contributed by atoms with Crippen LogP contribution in [-0.2, 0) is 4.79 Å². The predicted molar refractivity (Wildman–Crippen MR) is 59.3 cm³/mol. The van der Waals surface area contributed by atoms with Gasteiger partial charge in [0.1, 0.15) is 6.10 Å². The number of carboxylic acids is 1. The maximum Gasteiger partial charge on any atom is 0.306 e. The summed E-state index contributed by atoms with van der Waals surface area (Å²) in [6.07, 6.45) is -1.65. The summed E-state index contributed by atoms with van der Waals surface area (Å²) >= 11 is 0. The standard InChI is InChI=1S/C11H12N2O4/c14-8(4-9(15)16)11(17)6-2-1-3-7-10(6)13-5-12-7/h1-3,5,8,11,14,17H,4H2,(H,12,13)(H,15,16). The zero-order valence-electron chi connectivity index (χ0n) is 8.87. The SMILES string of the molecule is O=C(O)CC(O)C(O)c1cccc2[nH]cnc12. The minimum Gasteiger partial charge on any atom is -0.481 e. The lowest BCUT2D eigenvalue weighted by Gasteiger charge is -2.16. The fourth-order valence-electron chi connectivity index (χ4n) is 1.72. The summed E-state index contributed by atoms with van der Waals surface area (Å²) in [5.41, 5.74) is 1.67. The molecule has 0 aliphatic rings. The second-order valence-corrected chi connectivity index (χ2v) is 3.76. The van der Waals surface area contributed by atoms with Crippen molar-refractivity contribution in [3.63, 3.8) is 0 Å². The number of para-hydroxylation sites is 1. The molecule has 4 N–H and O–H groups in total.